The molecular weight excluding hydrogens is 242 g/mol. The van der Waals surface area contributed by atoms with Gasteiger partial charge in [0.05, 0.1) is 4.88 Å². The van der Waals surface area contributed by atoms with Crippen molar-refractivity contribution >= 4 is 17.6 Å². The normalized spacial score (nSPS) is 10.6. The minimum atomic E-state index is 0.516. The van der Waals surface area contributed by atoms with Gasteiger partial charge in [-0.1, -0.05) is 35.6 Å². The van der Waals surface area contributed by atoms with Crippen molar-refractivity contribution in [2.24, 2.45) is 0 Å². The van der Waals surface area contributed by atoms with Crippen molar-refractivity contribution < 1.29 is 9.36 Å². The summed E-state index contributed by atoms with van der Waals surface area (Å²) in [6.45, 7) is 5.28. The number of hydrogen-bond acceptors (Lipinski definition) is 2. The lowest BCUT2D eigenvalue weighted by Crippen LogP contribution is -2.35. The third kappa shape index (κ3) is 2.85. The number of benzene rings is 1. The third-order valence-electron chi connectivity index (χ3n) is 3.34. The Morgan fingerprint density at radius 2 is 1.94 bits per heavy atom. The molecule has 18 heavy (non-hydrogen) atoms. The second-order valence-electron chi connectivity index (χ2n) is 4.45. The van der Waals surface area contributed by atoms with Gasteiger partial charge in [-0.15, -0.1) is 0 Å². The fourth-order valence-corrected chi connectivity index (χ4v) is 2.90. The first-order valence-corrected chi connectivity index (χ1v) is 7.05. The van der Waals surface area contributed by atoms with Crippen LogP contribution in [0.4, 0.5) is 0 Å². The summed E-state index contributed by atoms with van der Waals surface area (Å²) in [5, 5.41) is 0. The van der Waals surface area contributed by atoms with E-state index >= 15 is 0 Å². The zero-order valence-electron chi connectivity index (χ0n) is 10.8. The molecule has 0 atom stereocenters. The Balaban J connectivity index is 2.10. The van der Waals surface area contributed by atoms with Crippen molar-refractivity contribution in [3.63, 3.8) is 0 Å². The van der Waals surface area contributed by atoms with Crippen LogP contribution in [0.1, 0.15) is 21.7 Å². The van der Waals surface area contributed by atoms with E-state index in [9.17, 15) is 4.79 Å². The van der Waals surface area contributed by atoms with Crippen molar-refractivity contribution in [3.8, 4) is 0 Å². The number of nitrogens with zero attached hydrogens (tertiary/aromatic N) is 1. The number of rotatable bonds is 5. The quantitative estimate of drug-likeness (QED) is 0.598. The van der Waals surface area contributed by atoms with Crippen molar-refractivity contribution in [1.29, 1.82) is 0 Å². The molecule has 2 aromatic rings. The van der Waals surface area contributed by atoms with Crippen LogP contribution in [0.2, 0.25) is 0 Å². The fourth-order valence-electron chi connectivity index (χ4n) is 2.06. The largest absolute Gasteiger partial charge is 0.303 e. The summed E-state index contributed by atoms with van der Waals surface area (Å²) in [7, 11) is 0. The van der Waals surface area contributed by atoms with Crippen LogP contribution < -0.4 is 4.57 Å². The van der Waals surface area contributed by atoms with Crippen molar-refractivity contribution in [2.45, 2.75) is 33.2 Å². The van der Waals surface area contributed by atoms with E-state index in [0.717, 1.165) is 24.8 Å². The van der Waals surface area contributed by atoms with E-state index < -0.39 is 0 Å². The number of carbonyl (C=O) groups is 1. The molecule has 2 nitrogen and oxygen atoms in total. The predicted octanol–water partition coefficient (Wildman–Crippen LogP) is 2.64. The maximum atomic E-state index is 10.7. The van der Waals surface area contributed by atoms with Crippen molar-refractivity contribution in [2.75, 3.05) is 0 Å². The van der Waals surface area contributed by atoms with Crippen LogP contribution in [-0.4, -0.2) is 6.29 Å². The first-order chi connectivity index (χ1) is 8.72. The minimum Gasteiger partial charge on any atom is -0.303 e. The van der Waals surface area contributed by atoms with Crippen LogP contribution in [0, 0.1) is 13.8 Å². The second-order valence-corrected chi connectivity index (χ2v) is 5.51. The zero-order chi connectivity index (χ0) is 13.0. The van der Waals surface area contributed by atoms with E-state index in [1.54, 1.807) is 11.3 Å². The van der Waals surface area contributed by atoms with Gasteiger partial charge in [-0.3, -0.25) is 0 Å². The molecule has 94 valence electrons. The maximum absolute atomic E-state index is 10.7. The summed E-state index contributed by atoms with van der Waals surface area (Å²) in [6, 6.07) is 8.20. The van der Waals surface area contributed by atoms with Gasteiger partial charge in [0.15, 0.2) is 12.2 Å². The van der Waals surface area contributed by atoms with Gasteiger partial charge < -0.3 is 4.79 Å². The molecule has 0 aliphatic rings. The Labute approximate surface area is 112 Å². The smallest absolute Gasteiger partial charge is 0.225 e. The molecule has 0 bridgehead atoms. The molecule has 0 spiro atoms. The molecule has 0 N–H and O–H groups in total. The van der Waals surface area contributed by atoms with Crippen LogP contribution in [0.3, 0.4) is 0 Å². The highest BCUT2D eigenvalue weighted by molar-refractivity contribution is 7.09. The lowest BCUT2D eigenvalue weighted by atomic mass is 10.0. The predicted molar refractivity (Wildman–Crippen MR) is 73.9 cm³/mol. The van der Waals surface area contributed by atoms with Gasteiger partial charge >= 0.3 is 0 Å². The molecule has 0 aliphatic heterocycles. The Kier molecular flexibility index (Phi) is 4.26. The van der Waals surface area contributed by atoms with E-state index in [0.29, 0.717) is 6.42 Å². The third-order valence-corrected chi connectivity index (χ3v) is 4.35. The van der Waals surface area contributed by atoms with E-state index in [4.69, 9.17) is 0 Å². The molecule has 0 unspecified atom stereocenters. The Morgan fingerprint density at radius 3 is 2.56 bits per heavy atom. The average molecular weight is 260 g/mol. The minimum absolute atomic E-state index is 0.516. The summed E-state index contributed by atoms with van der Waals surface area (Å²) in [6.07, 6.45) is 2.47. The molecule has 0 aliphatic carbocycles. The van der Waals surface area contributed by atoms with Gasteiger partial charge in [-0.2, -0.15) is 4.57 Å². The van der Waals surface area contributed by atoms with Gasteiger partial charge in [-0.05, 0) is 18.1 Å². The summed E-state index contributed by atoms with van der Waals surface area (Å²) < 4.78 is 2.29. The van der Waals surface area contributed by atoms with E-state index in [2.05, 4.69) is 30.0 Å². The van der Waals surface area contributed by atoms with Crippen LogP contribution >= 0.6 is 11.3 Å². The highest BCUT2D eigenvalue weighted by Crippen LogP contribution is 2.11. The summed E-state index contributed by atoms with van der Waals surface area (Å²) in [5.41, 5.74) is 5.94. The fraction of sp³-hybridized carbons (Fsp3) is 0.333. The molecule has 1 aromatic heterocycles. The first kappa shape index (κ1) is 13.0. The van der Waals surface area contributed by atoms with Gasteiger partial charge in [-0.25, -0.2) is 0 Å². The Bertz CT molecular complexity index is 545. The molecule has 0 saturated heterocycles. The number of aldehydes is 1. The van der Waals surface area contributed by atoms with E-state index in [1.807, 2.05) is 18.2 Å². The zero-order valence-corrected chi connectivity index (χ0v) is 11.7. The van der Waals surface area contributed by atoms with Crippen LogP contribution in [0.5, 0.6) is 0 Å². The first-order valence-electron chi connectivity index (χ1n) is 6.17. The highest BCUT2D eigenvalue weighted by Gasteiger charge is 2.12. The van der Waals surface area contributed by atoms with E-state index in [1.165, 1.54) is 16.1 Å². The Hall–Kier alpha value is -1.48. The highest BCUT2D eigenvalue weighted by atomic mass is 32.1. The van der Waals surface area contributed by atoms with Crippen molar-refractivity contribution in [3.05, 3.63) is 51.5 Å². The molecule has 0 saturated carbocycles. The second kappa shape index (κ2) is 5.91. The molecule has 2 rings (SSSR count). The van der Waals surface area contributed by atoms with Gasteiger partial charge in [0.2, 0.25) is 5.51 Å². The number of hydrogen-bond donors (Lipinski definition) is 0. The maximum Gasteiger partial charge on any atom is 0.225 e. The van der Waals surface area contributed by atoms with Crippen LogP contribution in [0.25, 0.3) is 0 Å². The van der Waals surface area contributed by atoms with Crippen molar-refractivity contribution in [1.82, 2.24) is 0 Å². The molecule has 0 radical (unpaired) electrons. The van der Waals surface area contributed by atoms with Gasteiger partial charge in [0.1, 0.15) is 6.29 Å². The number of aryl methyl sites for hydroxylation is 3. The SMILES string of the molecule is Cc1sc[n+](CCc2ccccc2CC=O)c1C. The topological polar surface area (TPSA) is 20.9 Å². The molecule has 0 amide bonds. The molecule has 0 fully saturated rings. The summed E-state index contributed by atoms with van der Waals surface area (Å²) in [4.78, 5) is 12.0. The molecule has 1 heterocycles. The van der Waals surface area contributed by atoms with Crippen LogP contribution in [0.15, 0.2) is 29.8 Å². The number of thiazole rings is 1. The average Bonchev–Trinajstić information content (AvgIpc) is 2.70. The standard InChI is InChI=1S/C15H18NOS/c1-12-13(2)18-11-16(12)9-7-14-5-3-4-6-15(14)8-10-17/h3-6,10-11H,7-9H2,1-2H3/q+1. The van der Waals surface area contributed by atoms with E-state index in [-0.39, 0.29) is 0 Å². The van der Waals surface area contributed by atoms with Crippen LogP contribution in [-0.2, 0) is 24.2 Å². The molecular formula is C15H18NOS+. The summed E-state index contributed by atoms with van der Waals surface area (Å²) >= 11 is 1.79. The lowest BCUT2D eigenvalue weighted by Gasteiger charge is -2.04. The van der Waals surface area contributed by atoms with Gasteiger partial charge in [0, 0.05) is 19.8 Å². The summed E-state index contributed by atoms with van der Waals surface area (Å²) in [5.74, 6) is 0. The van der Waals surface area contributed by atoms with Gasteiger partial charge in [0.25, 0.3) is 0 Å². The monoisotopic (exact) mass is 260 g/mol. The Morgan fingerprint density at radius 1 is 1.22 bits per heavy atom. The lowest BCUT2D eigenvalue weighted by molar-refractivity contribution is -0.697. The molecule has 1 aromatic carbocycles. The number of aromatic nitrogens is 1. The number of carbonyl (C=O) groups excluding carboxylic acids is 1. The molecule has 3 heteroatoms.